The van der Waals surface area contributed by atoms with Crippen molar-refractivity contribution in [2.45, 2.75) is 6.92 Å². The van der Waals surface area contributed by atoms with Crippen LogP contribution in [0.15, 0.2) is 30.3 Å². The van der Waals surface area contributed by atoms with Crippen molar-refractivity contribution in [3.8, 4) is 0 Å². The number of aromatic nitrogens is 1. The molecule has 1 aliphatic rings. The predicted octanol–water partition coefficient (Wildman–Crippen LogP) is 0.346. The number of benzene rings is 1. The van der Waals surface area contributed by atoms with Crippen molar-refractivity contribution in [3.05, 3.63) is 35.9 Å². The Kier molecular flexibility index (Phi) is 2.69. The highest BCUT2D eigenvalue weighted by molar-refractivity contribution is 5.80. The maximum Gasteiger partial charge on any atom is 0.275 e. The van der Waals surface area contributed by atoms with Gasteiger partial charge in [-0.1, -0.05) is 18.2 Å². The van der Waals surface area contributed by atoms with Gasteiger partial charge in [0.25, 0.3) is 5.82 Å². The van der Waals surface area contributed by atoms with E-state index in [1.165, 1.54) is 35.4 Å². The Balaban J connectivity index is 2.05. The Morgan fingerprint density at radius 2 is 1.94 bits per heavy atom. The number of anilines is 1. The van der Waals surface area contributed by atoms with E-state index < -0.39 is 0 Å². The molecule has 1 aromatic heterocycles. The first-order valence-corrected chi connectivity index (χ1v) is 6.33. The number of aryl methyl sites for hydroxylation is 1. The topological polar surface area (TPSA) is 34.0 Å². The van der Waals surface area contributed by atoms with Crippen LogP contribution in [0.3, 0.4) is 0 Å². The lowest BCUT2D eigenvalue weighted by Crippen LogP contribution is -2.90. The first kappa shape index (κ1) is 10.5. The summed E-state index contributed by atoms with van der Waals surface area (Å²) in [5, 5.41) is 3.70. The molecule has 0 unspecified atom stereocenters. The number of nitrogens with two attached hydrogens (primary N) is 1. The Hall–Kier alpha value is -1.61. The maximum absolute atomic E-state index is 3.55. The van der Waals surface area contributed by atoms with Crippen LogP contribution in [0.4, 0.5) is 5.82 Å². The largest absolute Gasteiger partial charge is 0.340 e. The lowest BCUT2D eigenvalue weighted by molar-refractivity contribution is -0.656. The lowest BCUT2D eigenvalue weighted by Gasteiger charge is -2.20. The molecular weight excluding hydrogens is 210 g/mol. The van der Waals surface area contributed by atoms with Gasteiger partial charge in [0.15, 0.2) is 0 Å². The number of para-hydroxylation sites is 1. The quantitative estimate of drug-likeness (QED) is 0.752. The van der Waals surface area contributed by atoms with Gasteiger partial charge in [0.2, 0.25) is 0 Å². The Morgan fingerprint density at radius 1 is 1.18 bits per heavy atom. The molecule has 0 amide bonds. The summed E-state index contributed by atoms with van der Waals surface area (Å²) in [5.41, 5.74) is 2.58. The second kappa shape index (κ2) is 4.34. The summed E-state index contributed by atoms with van der Waals surface area (Å²) in [6, 6.07) is 10.8. The van der Waals surface area contributed by atoms with Crippen LogP contribution in [0.1, 0.15) is 5.56 Å². The fourth-order valence-corrected chi connectivity index (χ4v) is 2.55. The van der Waals surface area contributed by atoms with E-state index in [4.69, 9.17) is 0 Å². The number of pyridine rings is 1. The molecule has 0 saturated carbocycles. The van der Waals surface area contributed by atoms with Crippen LogP contribution in [0, 0.1) is 6.92 Å². The number of hydrogen-bond acceptors (Lipinski definition) is 1. The van der Waals surface area contributed by atoms with E-state index in [2.05, 4.69) is 52.5 Å². The number of nitrogens with zero attached hydrogens (tertiary/aromatic N) is 1. The molecule has 0 radical (unpaired) electrons. The zero-order valence-corrected chi connectivity index (χ0v) is 10.2. The van der Waals surface area contributed by atoms with Crippen molar-refractivity contribution in [2.75, 3.05) is 31.1 Å². The fraction of sp³-hybridized carbons (Fsp3) is 0.357. The van der Waals surface area contributed by atoms with Gasteiger partial charge in [-0.2, -0.15) is 0 Å². The van der Waals surface area contributed by atoms with E-state index >= 15 is 0 Å². The molecule has 2 heterocycles. The molecule has 2 aromatic rings. The minimum Gasteiger partial charge on any atom is -0.340 e. The van der Waals surface area contributed by atoms with E-state index in [-0.39, 0.29) is 0 Å². The van der Waals surface area contributed by atoms with Gasteiger partial charge >= 0.3 is 0 Å². The Morgan fingerprint density at radius 3 is 2.76 bits per heavy atom. The van der Waals surface area contributed by atoms with Gasteiger partial charge < -0.3 is 5.32 Å². The standard InChI is InChI=1S/C14H17N3/c1-11-10-14(17-8-6-15-7-9-17)16-13-5-3-2-4-12(11)13/h2-5,10,15H,6-9H2,1H3/p+2. The second-order valence-corrected chi connectivity index (χ2v) is 4.74. The fourth-order valence-electron chi connectivity index (χ4n) is 2.55. The second-order valence-electron chi connectivity index (χ2n) is 4.74. The molecule has 0 atom stereocenters. The number of quaternary nitrogens is 1. The van der Waals surface area contributed by atoms with Crippen LogP contribution in [0.5, 0.6) is 0 Å². The monoisotopic (exact) mass is 229 g/mol. The van der Waals surface area contributed by atoms with Crippen molar-refractivity contribution < 1.29 is 10.3 Å². The highest BCUT2D eigenvalue weighted by Gasteiger charge is 2.21. The van der Waals surface area contributed by atoms with Crippen LogP contribution in [0.25, 0.3) is 10.9 Å². The summed E-state index contributed by atoms with van der Waals surface area (Å²) in [4.78, 5) is 5.99. The van der Waals surface area contributed by atoms with Gasteiger partial charge in [0.05, 0.1) is 0 Å². The molecule has 1 aromatic carbocycles. The number of hydrogen-bond donors (Lipinski definition) is 1. The first-order chi connectivity index (χ1) is 8.34. The normalized spacial score (nSPS) is 16.4. The average Bonchev–Trinajstić information content (AvgIpc) is 2.40. The van der Waals surface area contributed by atoms with Crippen molar-refractivity contribution in [2.24, 2.45) is 0 Å². The molecule has 17 heavy (non-hydrogen) atoms. The molecular formula is C14H19N3+2. The van der Waals surface area contributed by atoms with Gasteiger partial charge in [0.1, 0.15) is 31.7 Å². The van der Waals surface area contributed by atoms with Gasteiger partial charge in [-0.25, -0.2) is 4.98 Å². The van der Waals surface area contributed by atoms with E-state index in [0.717, 1.165) is 13.1 Å². The van der Waals surface area contributed by atoms with Gasteiger partial charge in [-0.05, 0) is 18.6 Å². The third kappa shape index (κ3) is 1.98. The van der Waals surface area contributed by atoms with Crippen molar-refractivity contribution in [3.63, 3.8) is 0 Å². The number of nitrogens with one attached hydrogen (secondary N) is 1. The number of H-pyrrole nitrogens is 1. The number of piperazine rings is 1. The van der Waals surface area contributed by atoms with Crippen molar-refractivity contribution in [1.29, 1.82) is 0 Å². The smallest absolute Gasteiger partial charge is 0.275 e. The van der Waals surface area contributed by atoms with Gasteiger partial charge in [-0.3, -0.25) is 4.90 Å². The summed E-state index contributed by atoms with van der Waals surface area (Å²) < 4.78 is 0. The SMILES string of the molecule is Cc1cc(N2CC[NH2+]CC2)[nH+]c2ccccc12. The number of aromatic amines is 1. The third-order valence-electron chi connectivity index (χ3n) is 3.51. The van der Waals surface area contributed by atoms with E-state index in [1.54, 1.807) is 0 Å². The van der Waals surface area contributed by atoms with Crippen molar-refractivity contribution in [1.82, 2.24) is 0 Å². The third-order valence-corrected chi connectivity index (χ3v) is 3.51. The number of rotatable bonds is 1. The summed E-state index contributed by atoms with van der Waals surface area (Å²) in [6.07, 6.45) is 0. The zero-order valence-electron chi connectivity index (χ0n) is 10.2. The van der Waals surface area contributed by atoms with Crippen LogP contribution >= 0.6 is 0 Å². The first-order valence-electron chi connectivity index (χ1n) is 6.33. The van der Waals surface area contributed by atoms with Crippen molar-refractivity contribution >= 4 is 16.7 Å². The van der Waals surface area contributed by atoms with Crippen LogP contribution < -0.4 is 15.2 Å². The minimum absolute atomic E-state index is 1.13. The Labute approximate surface area is 101 Å². The van der Waals surface area contributed by atoms with Crippen LogP contribution in [-0.4, -0.2) is 26.2 Å². The molecule has 88 valence electrons. The lowest BCUT2D eigenvalue weighted by atomic mass is 10.1. The summed E-state index contributed by atoms with van der Waals surface area (Å²) in [7, 11) is 0. The molecule has 1 saturated heterocycles. The van der Waals surface area contributed by atoms with Gasteiger partial charge in [0, 0.05) is 11.5 Å². The van der Waals surface area contributed by atoms with Crippen LogP contribution in [-0.2, 0) is 0 Å². The molecule has 3 rings (SSSR count). The Bertz CT molecular complexity index is 530. The zero-order chi connectivity index (χ0) is 11.7. The molecule has 3 nitrogen and oxygen atoms in total. The highest BCUT2D eigenvalue weighted by Crippen LogP contribution is 2.18. The predicted molar refractivity (Wildman–Crippen MR) is 69.1 cm³/mol. The van der Waals surface area contributed by atoms with Crippen LogP contribution in [0.2, 0.25) is 0 Å². The molecule has 0 bridgehead atoms. The molecule has 1 fully saturated rings. The highest BCUT2D eigenvalue weighted by atomic mass is 15.2. The van der Waals surface area contributed by atoms with E-state index in [9.17, 15) is 0 Å². The molecule has 3 N–H and O–H groups in total. The molecule has 0 spiro atoms. The number of fused-ring (bicyclic) bond motifs is 1. The van der Waals surface area contributed by atoms with Gasteiger partial charge in [-0.15, -0.1) is 0 Å². The average molecular weight is 229 g/mol. The minimum atomic E-state index is 1.13. The summed E-state index contributed by atoms with van der Waals surface area (Å²) in [5.74, 6) is 1.26. The summed E-state index contributed by atoms with van der Waals surface area (Å²) in [6.45, 7) is 6.84. The molecule has 3 heteroatoms. The van der Waals surface area contributed by atoms with E-state index in [0.29, 0.717) is 0 Å². The molecule has 1 aliphatic heterocycles. The maximum atomic E-state index is 3.55. The summed E-state index contributed by atoms with van der Waals surface area (Å²) >= 11 is 0. The van der Waals surface area contributed by atoms with E-state index in [1.807, 2.05) is 0 Å². The molecule has 0 aliphatic carbocycles.